The smallest absolute Gasteiger partial charge is 0.338 e. The number of carbonyl (C=O) groups excluding carboxylic acids is 1. The maximum absolute atomic E-state index is 12.3. The molecule has 1 aromatic carbocycles. The van der Waals surface area contributed by atoms with E-state index >= 15 is 0 Å². The molecule has 3 saturated carbocycles. The number of esters is 1. The lowest BCUT2D eigenvalue weighted by Crippen LogP contribution is -2.36. The van der Waals surface area contributed by atoms with Crippen LogP contribution in [0.4, 0.5) is 5.69 Å². The average Bonchev–Trinajstić information content (AvgIpc) is 3.14. The molecule has 3 aliphatic carbocycles. The van der Waals surface area contributed by atoms with Gasteiger partial charge in [-0.05, 0) is 61.5 Å². The highest BCUT2D eigenvalue weighted by Gasteiger charge is 2.54. The molecule has 0 spiro atoms. The van der Waals surface area contributed by atoms with Gasteiger partial charge in [0.15, 0.2) is 0 Å². The van der Waals surface area contributed by atoms with Gasteiger partial charge in [-0.3, -0.25) is 10.1 Å². The summed E-state index contributed by atoms with van der Waals surface area (Å²) in [6.45, 7) is 0. The fourth-order valence-corrected chi connectivity index (χ4v) is 5.24. The zero-order chi connectivity index (χ0) is 16.0. The second-order valence-corrected chi connectivity index (χ2v) is 7.26. The van der Waals surface area contributed by atoms with Crippen LogP contribution in [0.5, 0.6) is 0 Å². The summed E-state index contributed by atoms with van der Waals surface area (Å²) in [5.74, 6) is 2.54. The third kappa shape index (κ3) is 2.52. The third-order valence-electron chi connectivity index (χ3n) is 6.19. The number of nitrogens with zero attached hydrogens (tertiary/aromatic N) is 1. The van der Waals surface area contributed by atoms with Crippen LogP contribution in [0.3, 0.4) is 0 Å². The van der Waals surface area contributed by atoms with E-state index in [1.165, 1.54) is 56.4 Å². The quantitative estimate of drug-likeness (QED) is 0.481. The lowest BCUT2D eigenvalue weighted by molar-refractivity contribution is -0.384. The van der Waals surface area contributed by atoms with Crippen LogP contribution in [0, 0.1) is 33.8 Å². The molecular formula is C18H21NO4. The molecule has 0 saturated heterocycles. The normalized spacial score (nSPS) is 34.9. The second-order valence-electron chi connectivity index (χ2n) is 7.26. The highest BCUT2D eigenvalue weighted by molar-refractivity contribution is 5.89. The second kappa shape index (κ2) is 5.62. The predicted octanol–water partition coefficient (Wildman–Crippen LogP) is 3.97. The zero-order valence-corrected chi connectivity index (χ0v) is 13.0. The molecule has 0 aromatic heterocycles. The first-order valence-electron chi connectivity index (χ1n) is 8.59. The van der Waals surface area contributed by atoms with Crippen molar-refractivity contribution in [3.8, 4) is 0 Å². The lowest BCUT2D eigenvalue weighted by Gasteiger charge is -2.38. The summed E-state index contributed by atoms with van der Waals surface area (Å²) in [5.41, 5.74) is 0.394. The van der Waals surface area contributed by atoms with Gasteiger partial charge < -0.3 is 4.74 Å². The minimum Gasteiger partial charge on any atom is -0.458 e. The summed E-state index contributed by atoms with van der Waals surface area (Å²) >= 11 is 0. The Bertz CT molecular complexity index is 626. The summed E-state index contributed by atoms with van der Waals surface area (Å²) in [6.07, 6.45) is 7.58. The van der Waals surface area contributed by atoms with E-state index in [1.54, 1.807) is 0 Å². The summed E-state index contributed by atoms with van der Waals surface area (Å²) in [4.78, 5) is 22.5. The molecule has 2 bridgehead atoms. The lowest BCUT2D eigenvalue weighted by atomic mass is 9.70. The van der Waals surface area contributed by atoms with Crippen LogP contribution in [0.1, 0.15) is 48.9 Å². The Morgan fingerprint density at radius 1 is 1.04 bits per heavy atom. The van der Waals surface area contributed by atoms with E-state index < -0.39 is 4.92 Å². The first-order valence-corrected chi connectivity index (χ1v) is 8.59. The van der Waals surface area contributed by atoms with Gasteiger partial charge in [0, 0.05) is 12.1 Å². The van der Waals surface area contributed by atoms with Crippen molar-refractivity contribution in [2.45, 2.75) is 44.6 Å². The van der Waals surface area contributed by atoms with E-state index in [0.29, 0.717) is 11.5 Å². The number of nitro benzene ring substituents is 1. The first-order chi connectivity index (χ1) is 11.1. The number of rotatable bonds is 3. The van der Waals surface area contributed by atoms with E-state index in [2.05, 4.69) is 0 Å². The van der Waals surface area contributed by atoms with Gasteiger partial charge in [-0.1, -0.05) is 12.8 Å². The molecule has 5 nitrogen and oxygen atoms in total. The molecule has 5 heteroatoms. The number of non-ortho nitro benzene ring substituents is 1. The van der Waals surface area contributed by atoms with E-state index in [9.17, 15) is 14.9 Å². The number of fused-ring (bicyclic) bond motifs is 5. The minimum absolute atomic E-state index is 0.00785. The first kappa shape index (κ1) is 14.7. The summed E-state index contributed by atoms with van der Waals surface area (Å²) in [6, 6.07) is 5.68. The Labute approximate surface area is 135 Å². The average molecular weight is 315 g/mol. The van der Waals surface area contributed by atoms with Gasteiger partial charge in [0.05, 0.1) is 10.5 Å². The Morgan fingerprint density at radius 2 is 1.74 bits per heavy atom. The van der Waals surface area contributed by atoms with Crippen LogP contribution in [-0.2, 0) is 4.74 Å². The molecular weight excluding hydrogens is 294 g/mol. The Balaban J connectivity index is 1.42. The van der Waals surface area contributed by atoms with Crippen LogP contribution in [0.2, 0.25) is 0 Å². The largest absolute Gasteiger partial charge is 0.458 e. The number of hydrogen-bond donors (Lipinski definition) is 0. The Morgan fingerprint density at radius 3 is 2.43 bits per heavy atom. The molecule has 0 unspecified atom stereocenters. The van der Waals surface area contributed by atoms with E-state index in [0.717, 1.165) is 24.2 Å². The maximum atomic E-state index is 12.3. The monoisotopic (exact) mass is 315 g/mol. The molecule has 0 N–H and O–H groups in total. The zero-order valence-electron chi connectivity index (χ0n) is 13.0. The van der Waals surface area contributed by atoms with Gasteiger partial charge in [0.1, 0.15) is 6.10 Å². The topological polar surface area (TPSA) is 69.4 Å². The van der Waals surface area contributed by atoms with Crippen LogP contribution < -0.4 is 0 Å². The van der Waals surface area contributed by atoms with E-state index in [-0.39, 0.29) is 17.8 Å². The minimum atomic E-state index is -0.464. The van der Waals surface area contributed by atoms with E-state index in [4.69, 9.17) is 4.74 Å². The molecule has 23 heavy (non-hydrogen) atoms. The van der Waals surface area contributed by atoms with Gasteiger partial charge >= 0.3 is 5.97 Å². The molecule has 0 radical (unpaired) electrons. The molecule has 3 aliphatic rings. The molecule has 1 aromatic rings. The number of carbonyl (C=O) groups is 1. The van der Waals surface area contributed by atoms with Gasteiger partial charge in [0.25, 0.3) is 5.69 Å². The van der Waals surface area contributed by atoms with Crippen LogP contribution >= 0.6 is 0 Å². The Kier molecular flexibility index (Phi) is 3.58. The van der Waals surface area contributed by atoms with E-state index in [1.807, 2.05) is 0 Å². The maximum Gasteiger partial charge on any atom is 0.338 e. The van der Waals surface area contributed by atoms with Crippen molar-refractivity contribution < 1.29 is 14.5 Å². The van der Waals surface area contributed by atoms with Crippen molar-refractivity contribution in [3.63, 3.8) is 0 Å². The number of nitro groups is 1. The standard InChI is InChI=1S/C18H21NO4/c20-18(11-5-7-13(8-6-11)19(21)22)23-17-10-12-9-16(17)15-4-2-1-3-14(12)15/h5-8,12,14-17H,1-4,9-10H2/t12-,14-,15+,16-,17+/m1/s1. The molecule has 3 fully saturated rings. The van der Waals surface area contributed by atoms with Crippen LogP contribution in [0.25, 0.3) is 0 Å². The number of benzene rings is 1. The van der Waals surface area contributed by atoms with Crippen LogP contribution in [0.15, 0.2) is 24.3 Å². The number of ether oxygens (including phenoxy) is 1. The molecule has 0 amide bonds. The van der Waals surface area contributed by atoms with Crippen LogP contribution in [-0.4, -0.2) is 17.0 Å². The van der Waals surface area contributed by atoms with Crippen molar-refractivity contribution in [3.05, 3.63) is 39.9 Å². The Hall–Kier alpha value is -1.91. The van der Waals surface area contributed by atoms with Gasteiger partial charge in [-0.2, -0.15) is 0 Å². The third-order valence-corrected chi connectivity index (χ3v) is 6.19. The van der Waals surface area contributed by atoms with Gasteiger partial charge in [0.2, 0.25) is 0 Å². The predicted molar refractivity (Wildman–Crippen MR) is 84.0 cm³/mol. The molecule has 5 atom stereocenters. The molecule has 122 valence electrons. The molecule has 4 rings (SSSR count). The highest BCUT2D eigenvalue weighted by atomic mass is 16.6. The summed E-state index contributed by atoms with van der Waals surface area (Å²) in [7, 11) is 0. The van der Waals surface area contributed by atoms with Crippen molar-refractivity contribution >= 4 is 11.7 Å². The molecule has 0 heterocycles. The fourth-order valence-electron chi connectivity index (χ4n) is 5.24. The molecule has 0 aliphatic heterocycles. The summed E-state index contributed by atoms with van der Waals surface area (Å²) in [5, 5.41) is 10.7. The SMILES string of the molecule is O=C(O[C@H]1C[C@H]2C[C@@H]1[C@H]1CCCC[C@H]21)c1ccc([N+](=O)[O-])cc1. The highest BCUT2D eigenvalue weighted by Crippen LogP contribution is 2.58. The van der Waals surface area contributed by atoms with Gasteiger partial charge in [-0.15, -0.1) is 0 Å². The summed E-state index contributed by atoms with van der Waals surface area (Å²) < 4.78 is 5.77. The van der Waals surface area contributed by atoms with Gasteiger partial charge in [-0.25, -0.2) is 4.79 Å². The number of hydrogen-bond acceptors (Lipinski definition) is 4. The van der Waals surface area contributed by atoms with Crippen molar-refractivity contribution in [1.82, 2.24) is 0 Å². The fraction of sp³-hybridized carbons (Fsp3) is 0.611. The van der Waals surface area contributed by atoms with Crippen molar-refractivity contribution in [2.24, 2.45) is 23.7 Å². The van der Waals surface area contributed by atoms with Crippen molar-refractivity contribution in [1.29, 1.82) is 0 Å². The van der Waals surface area contributed by atoms with Crippen molar-refractivity contribution in [2.75, 3.05) is 0 Å².